The van der Waals surface area contributed by atoms with E-state index in [-0.39, 0.29) is 5.82 Å². The Balaban J connectivity index is 2.35. The molecule has 110 valence electrons. The summed E-state index contributed by atoms with van der Waals surface area (Å²) in [4.78, 5) is 12.8. The second kappa shape index (κ2) is 5.44. The van der Waals surface area contributed by atoms with Gasteiger partial charge in [0.2, 0.25) is 0 Å². The highest BCUT2D eigenvalue weighted by molar-refractivity contribution is 7.92. The Morgan fingerprint density at radius 1 is 1.29 bits per heavy atom. The Kier molecular flexibility index (Phi) is 3.85. The van der Waals surface area contributed by atoms with E-state index in [0.717, 1.165) is 17.7 Å². The molecule has 0 unspecified atom stereocenters. The van der Waals surface area contributed by atoms with Gasteiger partial charge in [0.1, 0.15) is 10.7 Å². The summed E-state index contributed by atoms with van der Waals surface area (Å²) in [6.07, 6.45) is 1.45. The molecule has 1 aromatic heterocycles. The molecule has 21 heavy (non-hydrogen) atoms. The van der Waals surface area contributed by atoms with Crippen LogP contribution in [0.2, 0.25) is 0 Å². The van der Waals surface area contributed by atoms with Crippen molar-refractivity contribution in [3.63, 3.8) is 0 Å². The number of halogens is 1. The molecular formula is C12H10FN3O4S. The SMILES string of the molecule is Cc1ccc(NS(=O)(=O)c2ccc([N+](=O)[O-])cc2F)nc1. The fraction of sp³-hybridized carbons (Fsp3) is 0.0833. The first-order valence-electron chi connectivity index (χ1n) is 5.69. The molecule has 0 bridgehead atoms. The maximum Gasteiger partial charge on any atom is 0.272 e. The number of aromatic nitrogens is 1. The lowest BCUT2D eigenvalue weighted by atomic mass is 10.3. The Hall–Kier alpha value is -2.55. The van der Waals surface area contributed by atoms with Crippen LogP contribution in [0.15, 0.2) is 41.4 Å². The number of pyridine rings is 1. The first-order valence-corrected chi connectivity index (χ1v) is 7.17. The van der Waals surface area contributed by atoms with Crippen molar-refractivity contribution in [2.45, 2.75) is 11.8 Å². The van der Waals surface area contributed by atoms with E-state index < -0.39 is 31.3 Å². The Morgan fingerprint density at radius 2 is 2.00 bits per heavy atom. The fourth-order valence-electron chi connectivity index (χ4n) is 1.54. The van der Waals surface area contributed by atoms with Crippen LogP contribution in [0.5, 0.6) is 0 Å². The third-order valence-corrected chi connectivity index (χ3v) is 3.95. The average molecular weight is 311 g/mol. The highest BCUT2D eigenvalue weighted by atomic mass is 32.2. The molecule has 0 amide bonds. The number of sulfonamides is 1. The van der Waals surface area contributed by atoms with Gasteiger partial charge >= 0.3 is 0 Å². The summed E-state index contributed by atoms with van der Waals surface area (Å²) >= 11 is 0. The quantitative estimate of drug-likeness (QED) is 0.689. The van der Waals surface area contributed by atoms with Gasteiger partial charge < -0.3 is 0 Å². The monoisotopic (exact) mass is 311 g/mol. The first kappa shape index (κ1) is 14.9. The highest BCUT2D eigenvalue weighted by Gasteiger charge is 2.22. The van der Waals surface area contributed by atoms with Crippen molar-refractivity contribution >= 4 is 21.5 Å². The molecule has 2 aromatic rings. The summed E-state index contributed by atoms with van der Waals surface area (Å²) in [5, 5.41) is 10.5. The van der Waals surface area contributed by atoms with Crippen LogP contribution in [0.3, 0.4) is 0 Å². The summed E-state index contributed by atoms with van der Waals surface area (Å²) < 4.78 is 39.9. The van der Waals surface area contributed by atoms with Gasteiger partial charge in [0.05, 0.1) is 11.0 Å². The Bertz CT molecular complexity index is 791. The van der Waals surface area contributed by atoms with Crippen LogP contribution < -0.4 is 4.72 Å². The van der Waals surface area contributed by atoms with Crippen LogP contribution in [0.4, 0.5) is 15.9 Å². The van der Waals surface area contributed by atoms with E-state index in [4.69, 9.17) is 0 Å². The number of nitro benzene ring substituents is 1. The van der Waals surface area contributed by atoms with Gasteiger partial charge in [-0.25, -0.2) is 17.8 Å². The summed E-state index contributed by atoms with van der Waals surface area (Å²) in [5.41, 5.74) is 0.305. The normalized spacial score (nSPS) is 11.1. The molecular weight excluding hydrogens is 301 g/mol. The first-order chi connectivity index (χ1) is 9.79. The average Bonchev–Trinajstić information content (AvgIpc) is 2.40. The minimum atomic E-state index is -4.21. The zero-order chi connectivity index (χ0) is 15.6. The summed E-state index contributed by atoms with van der Waals surface area (Å²) in [7, 11) is -4.21. The number of rotatable bonds is 4. The van der Waals surface area contributed by atoms with E-state index in [2.05, 4.69) is 9.71 Å². The number of aryl methyl sites for hydroxylation is 1. The molecule has 2 rings (SSSR count). The zero-order valence-corrected chi connectivity index (χ0v) is 11.6. The van der Waals surface area contributed by atoms with Crippen LogP contribution >= 0.6 is 0 Å². The number of nitro groups is 1. The van der Waals surface area contributed by atoms with Gasteiger partial charge in [0, 0.05) is 12.3 Å². The standard InChI is InChI=1S/C12H10FN3O4S/c1-8-2-5-12(14-7-8)15-21(19,20)11-4-3-9(16(17)18)6-10(11)13/h2-7H,1H3,(H,14,15). The third-order valence-electron chi connectivity index (χ3n) is 2.57. The van der Waals surface area contributed by atoms with E-state index in [1.807, 2.05) is 0 Å². The Morgan fingerprint density at radius 3 is 2.52 bits per heavy atom. The van der Waals surface area contributed by atoms with Gasteiger partial charge in [-0.2, -0.15) is 0 Å². The lowest BCUT2D eigenvalue weighted by Crippen LogP contribution is -2.15. The largest absolute Gasteiger partial charge is 0.272 e. The molecule has 0 aliphatic heterocycles. The van der Waals surface area contributed by atoms with E-state index in [1.54, 1.807) is 13.0 Å². The molecule has 0 spiro atoms. The molecule has 0 aliphatic carbocycles. The lowest BCUT2D eigenvalue weighted by Gasteiger charge is -2.08. The second-order valence-corrected chi connectivity index (χ2v) is 5.85. The lowest BCUT2D eigenvalue weighted by molar-refractivity contribution is -0.385. The minimum absolute atomic E-state index is 0.0263. The number of hydrogen-bond donors (Lipinski definition) is 1. The van der Waals surface area contributed by atoms with Crippen molar-refractivity contribution < 1.29 is 17.7 Å². The molecule has 0 atom stereocenters. The van der Waals surface area contributed by atoms with Crippen LogP contribution in [0, 0.1) is 22.9 Å². The predicted octanol–water partition coefficient (Wildman–Crippen LogP) is 2.24. The van der Waals surface area contributed by atoms with Gasteiger partial charge in [0.15, 0.2) is 5.82 Å². The van der Waals surface area contributed by atoms with E-state index >= 15 is 0 Å². The van der Waals surface area contributed by atoms with Gasteiger partial charge in [-0.3, -0.25) is 14.8 Å². The van der Waals surface area contributed by atoms with Crippen LogP contribution in [-0.4, -0.2) is 18.3 Å². The van der Waals surface area contributed by atoms with Crippen molar-refractivity contribution in [3.8, 4) is 0 Å². The van der Waals surface area contributed by atoms with Gasteiger partial charge in [-0.15, -0.1) is 0 Å². The summed E-state index contributed by atoms with van der Waals surface area (Å²) in [6, 6.07) is 5.37. The Labute approximate surface area is 119 Å². The number of nitrogens with one attached hydrogen (secondary N) is 1. The second-order valence-electron chi connectivity index (χ2n) is 4.20. The van der Waals surface area contributed by atoms with Gasteiger partial charge in [-0.05, 0) is 24.6 Å². The highest BCUT2D eigenvalue weighted by Crippen LogP contribution is 2.22. The number of hydrogen-bond acceptors (Lipinski definition) is 5. The molecule has 0 aliphatic rings. The molecule has 1 aromatic carbocycles. The van der Waals surface area contributed by atoms with Crippen LogP contribution in [0.25, 0.3) is 0 Å². The van der Waals surface area contributed by atoms with Crippen molar-refractivity contribution in [1.29, 1.82) is 0 Å². The predicted molar refractivity (Wildman–Crippen MR) is 72.8 cm³/mol. The fourth-order valence-corrected chi connectivity index (χ4v) is 2.61. The minimum Gasteiger partial charge on any atom is -0.263 e. The van der Waals surface area contributed by atoms with E-state index in [0.29, 0.717) is 6.07 Å². The summed E-state index contributed by atoms with van der Waals surface area (Å²) in [5.74, 6) is -1.18. The maximum atomic E-state index is 13.7. The molecule has 0 radical (unpaired) electrons. The van der Waals surface area contributed by atoms with E-state index in [9.17, 15) is 22.9 Å². The number of nitrogens with zero attached hydrogens (tertiary/aromatic N) is 2. The van der Waals surface area contributed by atoms with Crippen molar-refractivity contribution in [2.24, 2.45) is 0 Å². The van der Waals surface area contributed by atoms with Gasteiger partial charge in [0.25, 0.3) is 15.7 Å². The molecule has 0 saturated heterocycles. The van der Waals surface area contributed by atoms with Gasteiger partial charge in [-0.1, -0.05) is 6.07 Å². The number of non-ortho nitro benzene ring substituents is 1. The molecule has 1 heterocycles. The van der Waals surface area contributed by atoms with Crippen LogP contribution in [-0.2, 0) is 10.0 Å². The molecule has 0 fully saturated rings. The smallest absolute Gasteiger partial charge is 0.263 e. The number of anilines is 1. The molecule has 9 heteroatoms. The van der Waals surface area contributed by atoms with Crippen molar-refractivity contribution in [2.75, 3.05) is 4.72 Å². The molecule has 1 N–H and O–H groups in total. The van der Waals surface area contributed by atoms with Crippen molar-refractivity contribution in [1.82, 2.24) is 4.98 Å². The third kappa shape index (κ3) is 3.31. The maximum absolute atomic E-state index is 13.7. The number of benzene rings is 1. The molecule has 7 nitrogen and oxygen atoms in total. The molecule has 0 saturated carbocycles. The van der Waals surface area contributed by atoms with E-state index in [1.165, 1.54) is 12.3 Å². The van der Waals surface area contributed by atoms with Crippen LogP contribution in [0.1, 0.15) is 5.56 Å². The summed E-state index contributed by atoms with van der Waals surface area (Å²) in [6.45, 7) is 1.78. The van der Waals surface area contributed by atoms with Crippen molar-refractivity contribution in [3.05, 3.63) is 58.0 Å². The zero-order valence-electron chi connectivity index (χ0n) is 10.8. The topological polar surface area (TPSA) is 102 Å².